The van der Waals surface area contributed by atoms with Gasteiger partial charge in [-0.05, 0) is 25.5 Å². The largest absolute Gasteiger partial charge is 0.390 e. The van der Waals surface area contributed by atoms with Crippen LogP contribution in [-0.2, 0) is 0 Å². The van der Waals surface area contributed by atoms with E-state index in [1.54, 1.807) is 6.20 Å². The van der Waals surface area contributed by atoms with Gasteiger partial charge >= 0.3 is 0 Å². The summed E-state index contributed by atoms with van der Waals surface area (Å²) in [7, 11) is 0. The maximum Gasteiger partial charge on any atom is 0.143 e. The molecule has 0 unspecified atom stereocenters. The summed E-state index contributed by atoms with van der Waals surface area (Å²) >= 11 is 0. The van der Waals surface area contributed by atoms with E-state index < -0.39 is 12.2 Å². The highest BCUT2D eigenvalue weighted by molar-refractivity contribution is 5.78. The van der Waals surface area contributed by atoms with Crippen LogP contribution < -0.4 is 0 Å². The van der Waals surface area contributed by atoms with Crippen LogP contribution in [0.25, 0.3) is 11.0 Å². The molecule has 0 amide bonds. The Morgan fingerprint density at radius 2 is 2.09 bits per heavy atom. The fourth-order valence-electron chi connectivity index (χ4n) is 3.43. The molecule has 0 bridgehead atoms. The Morgan fingerprint density at radius 3 is 2.86 bits per heavy atom. The first kappa shape index (κ1) is 13.4. The van der Waals surface area contributed by atoms with E-state index in [1.165, 1.54) is 6.33 Å². The molecule has 0 saturated heterocycles. The first-order chi connectivity index (χ1) is 10.7. The van der Waals surface area contributed by atoms with Gasteiger partial charge in [-0.15, -0.1) is 0 Å². The zero-order valence-corrected chi connectivity index (χ0v) is 12.1. The number of H-pyrrole nitrogens is 1. The lowest BCUT2D eigenvalue weighted by molar-refractivity contribution is 0.0174. The van der Waals surface area contributed by atoms with Crippen molar-refractivity contribution in [3.8, 4) is 0 Å². The molecule has 1 saturated carbocycles. The number of aromatic nitrogens is 5. The van der Waals surface area contributed by atoms with E-state index in [-0.39, 0.29) is 12.0 Å². The van der Waals surface area contributed by atoms with Gasteiger partial charge in [0.05, 0.1) is 17.8 Å². The number of aliphatic hydroxyl groups excluding tert-OH is 2. The second-order valence-corrected chi connectivity index (χ2v) is 5.82. The molecule has 22 heavy (non-hydrogen) atoms. The molecular formula is C15H17N5O2. The Balaban J connectivity index is 1.74. The van der Waals surface area contributed by atoms with Crippen molar-refractivity contribution < 1.29 is 10.2 Å². The highest BCUT2D eigenvalue weighted by atomic mass is 16.3. The van der Waals surface area contributed by atoms with Crippen molar-refractivity contribution in [3.05, 3.63) is 42.2 Å². The van der Waals surface area contributed by atoms with Crippen LogP contribution in [0.2, 0.25) is 0 Å². The number of aryl methyl sites for hydroxylation is 1. The van der Waals surface area contributed by atoms with Crippen molar-refractivity contribution in [2.75, 3.05) is 0 Å². The van der Waals surface area contributed by atoms with E-state index in [9.17, 15) is 10.2 Å². The second kappa shape index (κ2) is 4.89. The van der Waals surface area contributed by atoms with Crippen molar-refractivity contribution in [1.29, 1.82) is 0 Å². The molecular weight excluding hydrogens is 282 g/mol. The van der Waals surface area contributed by atoms with Crippen LogP contribution in [0, 0.1) is 6.92 Å². The van der Waals surface area contributed by atoms with E-state index in [0.29, 0.717) is 6.42 Å². The maximum atomic E-state index is 10.5. The third-order valence-corrected chi connectivity index (χ3v) is 4.64. The molecule has 7 nitrogen and oxygen atoms in total. The molecule has 0 aliphatic heterocycles. The van der Waals surface area contributed by atoms with Crippen LogP contribution in [0.4, 0.5) is 0 Å². The van der Waals surface area contributed by atoms with Crippen molar-refractivity contribution in [1.82, 2.24) is 24.7 Å². The molecule has 114 valence electrons. The summed E-state index contributed by atoms with van der Waals surface area (Å²) in [5.74, 6) is -0.164. The molecule has 0 radical (unpaired) electrons. The van der Waals surface area contributed by atoms with Crippen molar-refractivity contribution in [2.24, 2.45) is 0 Å². The van der Waals surface area contributed by atoms with Gasteiger partial charge in [0, 0.05) is 29.4 Å². The number of nitrogens with one attached hydrogen (secondary N) is 1. The quantitative estimate of drug-likeness (QED) is 0.653. The molecule has 7 heteroatoms. The van der Waals surface area contributed by atoms with Gasteiger partial charge in [0.15, 0.2) is 0 Å². The standard InChI is InChI=1S/C15H17N5O2/c1-8-9-3-5-20(15(9)17-7-16-8)12-6-10(13(21)14(12)22)11-2-4-18-19-11/h2-5,7,10,12-14,21-22H,6H2,1H3,(H,18,19)/t10-,12-,13-,14+/m1/s1. The zero-order valence-electron chi connectivity index (χ0n) is 12.1. The number of nitrogens with zero attached hydrogens (tertiary/aromatic N) is 4. The molecule has 0 spiro atoms. The lowest BCUT2D eigenvalue weighted by atomic mass is 10.0. The minimum absolute atomic E-state index is 0.164. The Labute approximate surface area is 126 Å². The lowest BCUT2D eigenvalue weighted by Crippen LogP contribution is -2.29. The van der Waals surface area contributed by atoms with Gasteiger partial charge in [-0.25, -0.2) is 9.97 Å². The minimum atomic E-state index is -0.848. The van der Waals surface area contributed by atoms with Gasteiger partial charge in [0.1, 0.15) is 18.1 Å². The summed E-state index contributed by atoms with van der Waals surface area (Å²) in [6.07, 6.45) is 4.03. The highest BCUT2D eigenvalue weighted by Gasteiger charge is 2.44. The summed E-state index contributed by atoms with van der Waals surface area (Å²) in [4.78, 5) is 8.52. The molecule has 3 aromatic rings. The summed E-state index contributed by atoms with van der Waals surface area (Å²) in [6.45, 7) is 1.93. The fourth-order valence-corrected chi connectivity index (χ4v) is 3.43. The first-order valence-corrected chi connectivity index (χ1v) is 7.30. The van der Waals surface area contributed by atoms with Crippen LogP contribution in [-0.4, -0.2) is 47.2 Å². The molecule has 1 aliphatic rings. The van der Waals surface area contributed by atoms with E-state index in [2.05, 4.69) is 20.2 Å². The number of hydrogen-bond donors (Lipinski definition) is 3. The van der Waals surface area contributed by atoms with Crippen LogP contribution >= 0.6 is 0 Å². The molecule has 4 atom stereocenters. The predicted octanol–water partition coefficient (Wildman–Crippen LogP) is 0.913. The number of hydrogen-bond acceptors (Lipinski definition) is 5. The zero-order chi connectivity index (χ0) is 15.3. The first-order valence-electron chi connectivity index (χ1n) is 7.30. The molecule has 3 aromatic heterocycles. The predicted molar refractivity (Wildman–Crippen MR) is 79.3 cm³/mol. The molecule has 1 fully saturated rings. The van der Waals surface area contributed by atoms with E-state index >= 15 is 0 Å². The topological polar surface area (TPSA) is 99.9 Å². The van der Waals surface area contributed by atoms with Crippen LogP contribution in [0.5, 0.6) is 0 Å². The van der Waals surface area contributed by atoms with Crippen molar-refractivity contribution in [3.63, 3.8) is 0 Å². The maximum absolute atomic E-state index is 10.5. The Kier molecular flexibility index (Phi) is 2.98. The highest BCUT2D eigenvalue weighted by Crippen LogP contribution is 2.41. The van der Waals surface area contributed by atoms with E-state index in [4.69, 9.17) is 0 Å². The van der Waals surface area contributed by atoms with Crippen LogP contribution in [0.3, 0.4) is 0 Å². The summed E-state index contributed by atoms with van der Waals surface area (Å²) in [5, 5.41) is 28.6. The average Bonchev–Trinajstić information content (AvgIpc) is 3.21. The Morgan fingerprint density at radius 1 is 1.23 bits per heavy atom. The number of aliphatic hydroxyl groups is 2. The third-order valence-electron chi connectivity index (χ3n) is 4.64. The lowest BCUT2D eigenvalue weighted by Gasteiger charge is -2.18. The summed E-state index contributed by atoms with van der Waals surface area (Å²) in [6, 6.07) is 3.56. The van der Waals surface area contributed by atoms with E-state index in [0.717, 1.165) is 22.4 Å². The smallest absolute Gasteiger partial charge is 0.143 e. The monoisotopic (exact) mass is 299 g/mol. The number of rotatable bonds is 2. The molecule has 3 N–H and O–H groups in total. The third kappa shape index (κ3) is 1.86. The van der Waals surface area contributed by atoms with Gasteiger partial charge in [0.25, 0.3) is 0 Å². The number of fused-ring (bicyclic) bond motifs is 1. The van der Waals surface area contributed by atoms with Gasteiger partial charge in [-0.2, -0.15) is 5.10 Å². The van der Waals surface area contributed by atoms with Gasteiger partial charge in [0.2, 0.25) is 0 Å². The fraction of sp³-hybridized carbons (Fsp3) is 0.400. The van der Waals surface area contributed by atoms with Crippen molar-refractivity contribution in [2.45, 2.75) is 37.5 Å². The van der Waals surface area contributed by atoms with Crippen LogP contribution in [0.1, 0.15) is 29.8 Å². The van der Waals surface area contributed by atoms with Crippen molar-refractivity contribution >= 4 is 11.0 Å². The summed E-state index contributed by atoms with van der Waals surface area (Å²) in [5.41, 5.74) is 2.53. The normalized spacial score (nSPS) is 28.5. The van der Waals surface area contributed by atoms with E-state index in [1.807, 2.05) is 29.8 Å². The van der Waals surface area contributed by atoms with Gasteiger partial charge in [-0.3, -0.25) is 5.10 Å². The Bertz CT molecular complexity index is 797. The summed E-state index contributed by atoms with van der Waals surface area (Å²) < 4.78 is 1.94. The SMILES string of the molecule is Cc1ncnc2c1ccn2[C@@H]1C[C@H](c2ccn[nH]2)[C@@H](O)[C@H]1O. The molecule has 4 rings (SSSR count). The minimum Gasteiger partial charge on any atom is -0.390 e. The number of aromatic amines is 1. The van der Waals surface area contributed by atoms with Gasteiger partial charge < -0.3 is 14.8 Å². The Hall–Kier alpha value is -2.25. The molecule has 1 aliphatic carbocycles. The average molecular weight is 299 g/mol. The molecule has 3 heterocycles. The second-order valence-electron chi connectivity index (χ2n) is 5.82. The van der Waals surface area contributed by atoms with Gasteiger partial charge in [-0.1, -0.05) is 0 Å². The van der Waals surface area contributed by atoms with Crippen LogP contribution in [0.15, 0.2) is 30.9 Å². The molecule has 0 aromatic carbocycles.